The molecule has 0 amide bonds. The summed E-state index contributed by atoms with van der Waals surface area (Å²) in [5.74, 6) is -0.155. The molecule has 0 bridgehead atoms. The van der Waals surface area contributed by atoms with Crippen LogP contribution in [0.3, 0.4) is 0 Å². The molecule has 0 heterocycles. The van der Waals surface area contributed by atoms with Crippen molar-refractivity contribution < 1.29 is 29.2 Å². The highest BCUT2D eigenvalue weighted by Gasteiger charge is 1.94. The predicted molar refractivity (Wildman–Crippen MR) is 109 cm³/mol. The number of carbonyl (C=O) groups excluding carboxylic acids is 1. The van der Waals surface area contributed by atoms with Gasteiger partial charge in [0, 0.05) is 6.92 Å². The van der Waals surface area contributed by atoms with Crippen molar-refractivity contribution >= 4 is 5.97 Å². The van der Waals surface area contributed by atoms with Gasteiger partial charge in [0.15, 0.2) is 0 Å². The lowest BCUT2D eigenvalue weighted by Gasteiger charge is -2.03. The van der Waals surface area contributed by atoms with Crippen molar-refractivity contribution in [3.63, 3.8) is 0 Å². The van der Waals surface area contributed by atoms with Crippen LogP contribution in [0.25, 0.3) is 0 Å². The highest BCUT2D eigenvalue weighted by Crippen LogP contribution is 2.11. The van der Waals surface area contributed by atoms with Crippen LogP contribution in [0.4, 0.5) is 0 Å². The Hall–Kier alpha value is -0.690. The molecule has 0 aromatic heterocycles. The average molecular weight is 393 g/mol. The maximum absolute atomic E-state index is 10.5. The average Bonchev–Trinajstić information content (AvgIpc) is 2.66. The summed E-state index contributed by atoms with van der Waals surface area (Å²) in [6.45, 7) is 6.06. The molecule has 0 aliphatic carbocycles. The van der Waals surface area contributed by atoms with E-state index in [0.29, 0.717) is 33.0 Å². The molecule has 0 unspecified atom stereocenters. The number of esters is 1. The number of unbranched alkanes of at least 4 members (excludes halogenated alkanes) is 10. The summed E-state index contributed by atoms with van der Waals surface area (Å²) < 4.78 is 14.6. The molecule has 0 rings (SSSR count). The van der Waals surface area contributed by atoms with E-state index in [0.717, 1.165) is 6.42 Å². The van der Waals surface area contributed by atoms with Gasteiger partial charge in [-0.15, -0.1) is 0 Å². The number of ether oxygens (including phenoxy) is 3. The second-order valence-corrected chi connectivity index (χ2v) is 6.55. The molecule has 6 heteroatoms. The Morgan fingerprint density at radius 3 is 1.41 bits per heavy atom. The van der Waals surface area contributed by atoms with E-state index in [4.69, 9.17) is 24.4 Å². The lowest BCUT2D eigenvalue weighted by Crippen LogP contribution is -2.09. The van der Waals surface area contributed by atoms with Crippen molar-refractivity contribution in [3.05, 3.63) is 0 Å². The van der Waals surface area contributed by atoms with Crippen LogP contribution in [-0.2, 0) is 19.0 Å². The third kappa shape index (κ3) is 33.3. The van der Waals surface area contributed by atoms with E-state index in [1.807, 2.05) is 0 Å². The normalized spacial score (nSPS) is 10.4. The van der Waals surface area contributed by atoms with E-state index in [2.05, 4.69) is 6.92 Å². The topological polar surface area (TPSA) is 85.2 Å². The van der Waals surface area contributed by atoms with Gasteiger partial charge in [0.05, 0.1) is 46.2 Å². The van der Waals surface area contributed by atoms with Crippen LogP contribution in [0, 0.1) is 0 Å². The van der Waals surface area contributed by atoms with Gasteiger partial charge in [0.2, 0.25) is 0 Å². The highest BCUT2D eigenvalue weighted by molar-refractivity contribution is 5.65. The van der Waals surface area contributed by atoms with Gasteiger partial charge in [-0.1, -0.05) is 71.1 Å². The predicted octanol–water partition coefficient (Wildman–Crippen LogP) is 3.86. The molecule has 0 fully saturated rings. The van der Waals surface area contributed by atoms with Crippen LogP contribution in [0.1, 0.15) is 84.5 Å². The zero-order valence-corrected chi connectivity index (χ0v) is 17.8. The maximum Gasteiger partial charge on any atom is 0.302 e. The van der Waals surface area contributed by atoms with E-state index in [1.54, 1.807) is 0 Å². The Kier molecular flexibility index (Phi) is 29.1. The summed E-state index contributed by atoms with van der Waals surface area (Å²) in [6.07, 6.45) is 14.6. The van der Waals surface area contributed by atoms with Crippen LogP contribution in [-0.4, -0.2) is 62.4 Å². The number of hydrogen-bond acceptors (Lipinski definition) is 6. The summed E-state index contributed by atoms with van der Waals surface area (Å²) in [5.41, 5.74) is 0. The second-order valence-electron chi connectivity index (χ2n) is 6.55. The van der Waals surface area contributed by atoms with E-state index < -0.39 is 0 Å². The Morgan fingerprint density at radius 1 is 0.630 bits per heavy atom. The number of aliphatic hydroxyl groups is 2. The van der Waals surface area contributed by atoms with Crippen LogP contribution in [0.2, 0.25) is 0 Å². The zero-order valence-electron chi connectivity index (χ0n) is 17.8. The summed E-state index contributed by atoms with van der Waals surface area (Å²) in [6, 6.07) is 0. The quantitative estimate of drug-likeness (QED) is 0.256. The van der Waals surface area contributed by atoms with Crippen molar-refractivity contribution in [2.24, 2.45) is 0 Å². The highest BCUT2D eigenvalue weighted by atomic mass is 16.5. The summed E-state index contributed by atoms with van der Waals surface area (Å²) in [4.78, 5) is 10.5. The molecular formula is C21H44O6. The van der Waals surface area contributed by atoms with Crippen LogP contribution >= 0.6 is 0 Å². The molecule has 0 aromatic carbocycles. The fourth-order valence-electron chi connectivity index (χ4n) is 2.43. The third-order valence-corrected chi connectivity index (χ3v) is 3.90. The van der Waals surface area contributed by atoms with Crippen LogP contribution < -0.4 is 0 Å². The number of rotatable bonds is 19. The Morgan fingerprint density at radius 2 is 1.04 bits per heavy atom. The molecule has 0 saturated heterocycles. The van der Waals surface area contributed by atoms with Crippen molar-refractivity contribution in [2.75, 3.05) is 46.2 Å². The van der Waals surface area contributed by atoms with E-state index in [1.165, 1.54) is 71.1 Å². The maximum atomic E-state index is 10.5. The van der Waals surface area contributed by atoms with Gasteiger partial charge in [0.25, 0.3) is 0 Å². The van der Waals surface area contributed by atoms with Crippen molar-refractivity contribution in [1.29, 1.82) is 0 Å². The van der Waals surface area contributed by atoms with Crippen molar-refractivity contribution in [3.8, 4) is 0 Å². The van der Waals surface area contributed by atoms with Crippen molar-refractivity contribution in [2.45, 2.75) is 84.5 Å². The lowest BCUT2D eigenvalue weighted by molar-refractivity contribution is -0.141. The van der Waals surface area contributed by atoms with Gasteiger partial charge in [-0.05, 0) is 6.42 Å². The Bertz CT molecular complexity index is 265. The van der Waals surface area contributed by atoms with Gasteiger partial charge in [-0.2, -0.15) is 0 Å². The Balaban J connectivity index is 0. The zero-order chi connectivity index (χ0) is 20.4. The fraction of sp³-hybridized carbons (Fsp3) is 0.952. The summed E-state index contributed by atoms with van der Waals surface area (Å²) in [5, 5.41) is 16.5. The Labute approximate surface area is 166 Å². The lowest BCUT2D eigenvalue weighted by atomic mass is 10.1. The van der Waals surface area contributed by atoms with Crippen LogP contribution in [0.15, 0.2) is 0 Å². The minimum Gasteiger partial charge on any atom is -0.466 e. The SMILES string of the molecule is CCCCCCCCCCCCCOC(C)=O.OCCOCCOCCO. The van der Waals surface area contributed by atoms with E-state index >= 15 is 0 Å². The molecule has 0 aliphatic rings. The first-order chi connectivity index (χ1) is 13.2. The van der Waals surface area contributed by atoms with Gasteiger partial charge in [-0.3, -0.25) is 4.79 Å². The molecule has 2 N–H and O–H groups in total. The summed E-state index contributed by atoms with van der Waals surface area (Å²) >= 11 is 0. The first-order valence-corrected chi connectivity index (χ1v) is 10.7. The van der Waals surface area contributed by atoms with Gasteiger partial charge in [0.1, 0.15) is 0 Å². The number of hydrogen-bond donors (Lipinski definition) is 2. The largest absolute Gasteiger partial charge is 0.466 e. The first-order valence-electron chi connectivity index (χ1n) is 10.7. The molecular weight excluding hydrogens is 348 g/mol. The monoisotopic (exact) mass is 392 g/mol. The van der Waals surface area contributed by atoms with Crippen molar-refractivity contribution in [1.82, 2.24) is 0 Å². The molecule has 6 nitrogen and oxygen atoms in total. The first kappa shape index (κ1) is 28.5. The number of aliphatic hydroxyl groups excluding tert-OH is 2. The smallest absolute Gasteiger partial charge is 0.302 e. The minimum absolute atomic E-state index is 0.0417. The third-order valence-electron chi connectivity index (χ3n) is 3.90. The van der Waals surface area contributed by atoms with E-state index in [9.17, 15) is 4.79 Å². The molecule has 0 aromatic rings. The summed E-state index contributed by atoms with van der Waals surface area (Å²) in [7, 11) is 0. The minimum atomic E-state index is -0.155. The molecule has 0 aliphatic heterocycles. The number of carbonyl (C=O) groups is 1. The fourth-order valence-corrected chi connectivity index (χ4v) is 2.43. The molecule has 0 radical (unpaired) electrons. The van der Waals surface area contributed by atoms with Gasteiger partial charge >= 0.3 is 5.97 Å². The van der Waals surface area contributed by atoms with E-state index in [-0.39, 0.29) is 19.2 Å². The molecule has 164 valence electrons. The molecule has 0 saturated carbocycles. The molecule has 0 spiro atoms. The second kappa shape index (κ2) is 27.5. The molecule has 0 atom stereocenters. The van der Waals surface area contributed by atoms with Gasteiger partial charge < -0.3 is 24.4 Å². The molecule has 27 heavy (non-hydrogen) atoms. The standard InChI is InChI=1S/C15H30O2.C6H14O4/c1-3-4-5-6-7-8-9-10-11-12-13-14-17-15(2)16;7-1-3-9-5-6-10-4-2-8/h3-14H2,1-2H3;7-8H,1-6H2. The van der Waals surface area contributed by atoms with Gasteiger partial charge in [-0.25, -0.2) is 0 Å². The van der Waals surface area contributed by atoms with Crippen LogP contribution in [0.5, 0.6) is 0 Å².